The van der Waals surface area contributed by atoms with Crippen molar-refractivity contribution >= 4 is 15.9 Å². The van der Waals surface area contributed by atoms with Crippen LogP contribution in [0, 0.1) is 0 Å². The van der Waals surface area contributed by atoms with Gasteiger partial charge in [0.05, 0.1) is 0 Å². The van der Waals surface area contributed by atoms with Crippen LogP contribution < -0.4 is 0 Å². The van der Waals surface area contributed by atoms with E-state index in [1.807, 2.05) is 12.4 Å². The minimum Gasteiger partial charge on any atom is -0.236 e. The number of halogens is 1. The molecular weight excluding hydrogens is 288 g/mol. The molecule has 0 N–H and O–H groups in total. The highest BCUT2D eigenvalue weighted by Gasteiger charge is 2.13. The Morgan fingerprint density at radius 2 is 1.56 bits per heavy atom. The SMILES string of the molecule is CC(C)(C)c1ccc(-c2ncc(CBr)cn2)cc1. The molecule has 1 aromatic heterocycles. The van der Waals surface area contributed by atoms with Crippen LogP contribution in [0.5, 0.6) is 0 Å². The third kappa shape index (κ3) is 2.96. The summed E-state index contributed by atoms with van der Waals surface area (Å²) in [6, 6.07) is 8.47. The van der Waals surface area contributed by atoms with Crippen molar-refractivity contribution < 1.29 is 0 Å². The van der Waals surface area contributed by atoms with Gasteiger partial charge >= 0.3 is 0 Å². The largest absolute Gasteiger partial charge is 0.236 e. The third-order valence-corrected chi connectivity index (χ3v) is 3.52. The molecule has 0 aliphatic rings. The molecule has 0 amide bonds. The lowest BCUT2D eigenvalue weighted by atomic mass is 9.87. The van der Waals surface area contributed by atoms with Gasteiger partial charge in [-0.25, -0.2) is 9.97 Å². The number of nitrogens with zero attached hydrogens (tertiary/aromatic N) is 2. The maximum atomic E-state index is 4.37. The average molecular weight is 305 g/mol. The highest BCUT2D eigenvalue weighted by molar-refractivity contribution is 9.08. The normalized spacial score (nSPS) is 11.6. The third-order valence-electron chi connectivity index (χ3n) is 2.87. The molecule has 0 unspecified atom stereocenters. The summed E-state index contributed by atoms with van der Waals surface area (Å²) in [6.07, 6.45) is 3.71. The molecule has 0 atom stereocenters. The summed E-state index contributed by atoms with van der Waals surface area (Å²) in [5.74, 6) is 0.778. The highest BCUT2D eigenvalue weighted by Crippen LogP contribution is 2.24. The standard InChI is InChI=1S/C15H17BrN2/c1-15(2,3)13-6-4-12(5-7-13)14-17-9-11(8-16)10-18-14/h4-7,9-10H,8H2,1-3H3. The van der Waals surface area contributed by atoms with Crippen molar-refractivity contribution in [2.24, 2.45) is 0 Å². The van der Waals surface area contributed by atoms with E-state index in [-0.39, 0.29) is 5.41 Å². The summed E-state index contributed by atoms with van der Waals surface area (Å²) < 4.78 is 0. The van der Waals surface area contributed by atoms with Gasteiger partial charge in [0.2, 0.25) is 0 Å². The first-order valence-corrected chi connectivity index (χ1v) is 7.10. The zero-order valence-electron chi connectivity index (χ0n) is 10.9. The summed E-state index contributed by atoms with van der Waals surface area (Å²) in [5, 5.41) is 0.788. The molecule has 0 fully saturated rings. The first kappa shape index (κ1) is 13.2. The fourth-order valence-electron chi connectivity index (χ4n) is 1.69. The molecule has 2 rings (SSSR count). The molecule has 18 heavy (non-hydrogen) atoms. The molecule has 0 aliphatic carbocycles. The fraction of sp³-hybridized carbons (Fsp3) is 0.333. The van der Waals surface area contributed by atoms with Crippen LogP contribution in [0.4, 0.5) is 0 Å². The van der Waals surface area contributed by atoms with E-state index in [2.05, 4.69) is 70.9 Å². The molecule has 1 heterocycles. The Balaban J connectivity index is 2.28. The maximum Gasteiger partial charge on any atom is 0.159 e. The van der Waals surface area contributed by atoms with E-state index >= 15 is 0 Å². The average Bonchev–Trinajstić information content (AvgIpc) is 2.38. The topological polar surface area (TPSA) is 25.8 Å². The van der Waals surface area contributed by atoms with Gasteiger partial charge in [0.15, 0.2) is 5.82 Å². The Morgan fingerprint density at radius 3 is 2.00 bits per heavy atom. The lowest BCUT2D eigenvalue weighted by Crippen LogP contribution is -2.10. The Morgan fingerprint density at radius 1 is 1.00 bits per heavy atom. The van der Waals surface area contributed by atoms with Gasteiger partial charge in [0, 0.05) is 23.3 Å². The van der Waals surface area contributed by atoms with Crippen molar-refractivity contribution in [3.63, 3.8) is 0 Å². The second-order valence-electron chi connectivity index (χ2n) is 5.38. The van der Waals surface area contributed by atoms with Crippen LogP contribution in [0.2, 0.25) is 0 Å². The second kappa shape index (κ2) is 5.19. The number of hydrogen-bond donors (Lipinski definition) is 0. The van der Waals surface area contributed by atoms with Crippen molar-refractivity contribution in [1.29, 1.82) is 0 Å². The lowest BCUT2D eigenvalue weighted by molar-refractivity contribution is 0.590. The molecule has 3 heteroatoms. The zero-order chi connectivity index (χ0) is 13.2. The molecule has 2 nitrogen and oxygen atoms in total. The Hall–Kier alpha value is -1.22. The van der Waals surface area contributed by atoms with Crippen LogP contribution in [-0.4, -0.2) is 9.97 Å². The summed E-state index contributed by atoms with van der Waals surface area (Å²) >= 11 is 3.39. The van der Waals surface area contributed by atoms with Gasteiger partial charge in [0.1, 0.15) is 0 Å². The lowest BCUT2D eigenvalue weighted by Gasteiger charge is -2.18. The van der Waals surface area contributed by atoms with Gasteiger partial charge in [-0.3, -0.25) is 0 Å². The predicted octanol–water partition coefficient (Wildman–Crippen LogP) is 4.34. The molecule has 0 aliphatic heterocycles. The van der Waals surface area contributed by atoms with Gasteiger partial charge in [-0.15, -0.1) is 0 Å². The number of rotatable bonds is 2. The van der Waals surface area contributed by atoms with Crippen molar-refractivity contribution in [3.05, 3.63) is 47.8 Å². The van der Waals surface area contributed by atoms with Crippen molar-refractivity contribution in [2.45, 2.75) is 31.5 Å². The van der Waals surface area contributed by atoms with Crippen LogP contribution in [0.3, 0.4) is 0 Å². The number of benzene rings is 1. The first-order chi connectivity index (χ1) is 8.50. The van der Waals surface area contributed by atoms with E-state index < -0.39 is 0 Å². The molecule has 94 valence electrons. The monoisotopic (exact) mass is 304 g/mol. The van der Waals surface area contributed by atoms with Crippen LogP contribution in [0.1, 0.15) is 31.9 Å². The molecular formula is C15H17BrN2. The fourth-order valence-corrected chi connectivity index (χ4v) is 1.98. The predicted molar refractivity (Wildman–Crippen MR) is 78.8 cm³/mol. The van der Waals surface area contributed by atoms with E-state index in [9.17, 15) is 0 Å². The smallest absolute Gasteiger partial charge is 0.159 e. The molecule has 0 saturated heterocycles. The molecule has 2 aromatic rings. The molecule has 0 saturated carbocycles. The number of hydrogen-bond acceptors (Lipinski definition) is 2. The van der Waals surface area contributed by atoms with E-state index in [1.54, 1.807) is 0 Å². The minimum absolute atomic E-state index is 0.180. The van der Waals surface area contributed by atoms with Crippen LogP contribution in [0.25, 0.3) is 11.4 Å². The molecule has 0 bridgehead atoms. The Bertz CT molecular complexity index is 510. The number of aromatic nitrogens is 2. The van der Waals surface area contributed by atoms with Gasteiger partial charge in [0.25, 0.3) is 0 Å². The van der Waals surface area contributed by atoms with E-state index in [0.717, 1.165) is 22.3 Å². The van der Waals surface area contributed by atoms with Crippen LogP contribution in [-0.2, 0) is 10.7 Å². The van der Waals surface area contributed by atoms with E-state index in [4.69, 9.17) is 0 Å². The van der Waals surface area contributed by atoms with E-state index in [1.165, 1.54) is 5.56 Å². The van der Waals surface area contributed by atoms with Crippen molar-refractivity contribution in [2.75, 3.05) is 0 Å². The van der Waals surface area contributed by atoms with Gasteiger partial charge in [-0.05, 0) is 16.5 Å². The molecule has 0 radical (unpaired) electrons. The highest BCUT2D eigenvalue weighted by atomic mass is 79.9. The van der Waals surface area contributed by atoms with Crippen LogP contribution in [0.15, 0.2) is 36.7 Å². The van der Waals surface area contributed by atoms with E-state index in [0.29, 0.717) is 0 Å². The van der Waals surface area contributed by atoms with Gasteiger partial charge < -0.3 is 0 Å². The van der Waals surface area contributed by atoms with Crippen molar-refractivity contribution in [1.82, 2.24) is 9.97 Å². The Labute approximate surface area is 117 Å². The zero-order valence-corrected chi connectivity index (χ0v) is 12.5. The number of alkyl halides is 1. The first-order valence-electron chi connectivity index (χ1n) is 5.98. The maximum absolute atomic E-state index is 4.37. The summed E-state index contributed by atoms with van der Waals surface area (Å²) in [4.78, 5) is 8.74. The quantitative estimate of drug-likeness (QED) is 0.772. The summed E-state index contributed by atoms with van der Waals surface area (Å²) in [7, 11) is 0. The van der Waals surface area contributed by atoms with Gasteiger partial charge in [-0.2, -0.15) is 0 Å². The minimum atomic E-state index is 0.180. The molecule has 1 aromatic carbocycles. The van der Waals surface area contributed by atoms with Gasteiger partial charge in [-0.1, -0.05) is 61.0 Å². The Kier molecular flexibility index (Phi) is 3.81. The second-order valence-corrected chi connectivity index (χ2v) is 5.94. The van der Waals surface area contributed by atoms with Crippen molar-refractivity contribution in [3.8, 4) is 11.4 Å². The molecule has 0 spiro atoms. The van der Waals surface area contributed by atoms with Crippen LogP contribution >= 0.6 is 15.9 Å². The summed E-state index contributed by atoms with van der Waals surface area (Å²) in [5.41, 5.74) is 3.65. The summed E-state index contributed by atoms with van der Waals surface area (Å²) in [6.45, 7) is 6.63.